The van der Waals surface area contributed by atoms with Crippen LogP contribution in [0, 0.1) is 6.92 Å². The lowest BCUT2D eigenvalue weighted by atomic mass is 10.2. The Labute approximate surface area is 126 Å². The highest BCUT2D eigenvalue weighted by Crippen LogP contribution is 2.25. The van der Waals surface area contributed by atoms with Gasteiger partial charge in [-0.1, -0.05) is 0 Å². The van der Waals surface area contributed by atoms with Crippen molar-refractivity contribution < 1.29 is 9.84 Å². The van der Waals surface area contributed by atoms with Gasteiger partial charge in [-0.15, -0.1) is 15.3 Å². The summed E-state index contributed by atoms with van der Waals surface area (Å²) in [4.78, 5) is 0. The molecule has 22 heavy (non-hydrogen) atoms. The zero-order valence-corrected chi connectivity index (χ0v) is 12.1. The maximum absolute atomic E-state index is 9.53. The Morgan fingerprint density at radius 3 is 2.95 bits per heavy atom. The minimum absolute atomic E-state index is 0.0859. The first-order chi connectivity index (χ1) is 10.7. The molecule has 0 amide bonds. The topological polar surface area (TPSA) is 96.9 Å². The van der Waals surface area contributed by atoms with Crippen LogP contribution in [0.5, 0.6) is 11.5 Å². The summed E-state index contributed by atoms with van der Waals surface area (Å²) in [5.74, 6) is 1.75. The SMILES string of the molecule is COc1cc(/C=N\Nc2ccc3nnc(C)n3n2)ccc1O. The smallest absolute Gasteiger partial charge is 0.178 e. The van der Waals surface area contributed by atoms with Gasteiger partial charge in [0, 0.05) is 0 Å². The zero-order chi connectivity index (χ0) is 15.5. The Bertz CT molecular complexity index is 842. The van der Waals surface area contributed by atoms with E-state index in [1.165, 1.54) is 7.11 Å². The molecule has 8 heteroatoms. The molecule has 0 aliphatic carbocycles. The monoisotopic (exact) mass is 298 g/mol. The van der Waals surface area contributed by atoms with Gasteiger partial charge in [0.05, 0.1) is 13.3 Å². The fraction of sp³-hybridized carbons (Fsp3) is 0.143. The number of nitrogens with zero attached hydrogens (tertiary/aromatic N) is 5. The standard InChI is InChI=1S/C14H14N6O2/c1-9-16-18-14-6-5-13(19-20(9)14)17-15-8-10-3-4-11(21)12(7-10)22-2/h3-8,21H,1-2H3,(H,17,19)/b15-8-. The number of phenolic OH excluding ortho intramolecular Hbond substituents is 1. The van der Waals surface area contributed by atoms with E-state index in [1.807, 2.05) is 6.92 Å². The van der Waals surface area contributed by atoms with Crippen LogP contribution in [0.3, 0.4) is 0 Å². The molecular formula is C14H14N6O2. The van der Waals surface area contributed by atoms with Crippen LogP contribution in [-0.2, 0) is 0 Å². The second kappa shape index (κ2) is 5.68. The van der Waals surface area contributed by atoms with Crippen molar-refractivity contribution in [1.29, 1.82) is 0 Å². The summed E-state index contributed by atoms with van der Waals surface area (Å²) < 4.78 is 6.67. The number of aromatic nitrogens is 4. The van der Waals surface area contributed by atoms with E-state index in [0.29, 0.717) is 23.0 Å². The van der Waals surface area contributed by atoms with E-state index in [-0.39, 0.29) is 5.75 Å². The third-order valence-electron chi connectivity index (χ3n) is 3.02. The molecule has 3 rings (SSSR count). The number of rotatable bonds is 4. The van der Waals surface area contributed by atoms with Crippen LogP contribution in [0.15, 0.2) is 35.4 Å². The number of hydrazone groups is 1. The molecule has 0 radical (unpaired) electrons. The van der Waals surface area contributed by atoms with Gasteiger partial charge in [-0.25, -0.2) is 0 Å². The number of phenols is 1. The van der Waals surface area contributed by atoms with Gasteiger partial charge < -0.3 is 9.84 Å². The van der Waals surface area contributed by atoms with Crippen molar-refractivity contribution in [1.82, 2.24) is 19.8 Å². The van der Waals surface area contributed by atoms with Crippen LogP contribution in [0.4, 0.5) is 5.82 Å². The number of methoxy groups -OCH3 is 1. The van der Waals surface area contributed by atoms with Gasteiger partial charge in [0.15, 0.2) is 28.8 Å². The quantitative estimate of drug-likeness (QED) is 0.561. The number of hydrogen-bond acceptors (Lipinski definition) is 7. The van der Waals surface area contributed by atoms with Crippen LogP contribution in [0.25, 0.3) is 5.65 Å². The number of hydrogen-bond donors (Lipinski definition) is 2. The van der Waals surface area contributed by atoms with Crippen LogP contribution in [0.1, 0.15) is 11.4 Å². The highest BCUT2D eigenvalue weighted by atomic mass is 16.5. The van der Waals surface area contributed by atoms with Gasteiger partial charge >= 0.3 is 0 Å². The highest BCUT2D eigenvalue weighted by Gasteiger charge is 2.03. The Balaban J connectivity index is 1.76. The summed E-state index contributed by atoms with van der Waals surface area (Å²) in [5, 5.41) is 25.9. The number of ether oxygens (including phenoxy) is 1. The molecule has 112 valence electrons. The van der Waals surface area contributed by atoms with E-state index in [1.54, 1.807) is 41.1 Å². The van der Waals surface area contributed by atoms with Gasteiger partial charge in [-0.3, -0.25) is 5.43 Å². The van der Waals surface area contributed by atoms with Gasteiger partial charge in [0.2, 0.25) is 0 Å². The summed E-state index contributed by atoms with van der Waals surface area (Å²) >= 11 is 0. The first-order valence-electron chi connectivity index (χ1n) is 6.52. The van der Waals surface area contributed by atoms with Crippen LogP contribution in [0.2, 0.25) is 0 Å². The molecule has 2 N–H and O–H groups in total. The molecule has 1 aromatic carbocycles. The molecule has 0 saturated heterocycles. The maximum Gasteiger partial charge on any atom is 0.178 e. The predicted octanol–water partition coefficient (Wildman–Crippen LogP) is 1.59. The Morgan fingerprint density at radius 2 is 2.14 bits per heavy atom. The molecule has 0 bridgehead atoms. The Hall–Kier alpha value is -3.16. The highest BCUT2D eigenvalue weighted by molar-refractivity contribution is 5.81. The number of anilines is 1. The summed E-state index contributed by atoms with van der Waals surface area (Å²) in [5.41, 5.74) is 4.29. The molecule has 0 spiro atoms. The van der Waals surface area contributed by atoms with Crippen molar-refractivity contribution in [2.45, 2.75) is 6.92 Å². The lowest BCUT2D eigenvalue weighted by Gasteiger charge is -2.03. The van der Waals surface area contributed by atoms with E-state index < -0.39 is 0 Å². The molecule has 2 aromatic heterocycles. The number of aromatic hydroxyl groups is 1. The Morgan fingerprint density at radius 1 is 1.27 bits per heavy atom. The number of fused-ring (bicyclic) bond motifs is 1. The summed E-state index contributed by atoms with van der Waals surface area (Å²) in [6.07, 6.45) is 1.60. The summed E-state index contributed by atoms with van der Waals surface area (Å²) in [7, 11) is 1.49. The molecule has 0 aliphatic rings. The molecular weight excluding hydrogens is 284 g/mol. The third-order valence-corrected chi connectivity index (χ3v) is 3.02. The van der Waals surface area contributed by atoms with E-state index in [2.05, 4.69) is 25.8 Å². The van der Waals surface area contributed by atoms with Crippen LogP contribution < -0.4 is 10.2 Å². The molecule has 3 aromatic rings. The largest absolute Gasteiger partial charge is 0.504 e. The van der Waals surface area contributed by atoms with Crippen molar-refractivity contribution >= 4 is 17.7 Å². The minimum Gasteiger partial charge on any atom is -0.504 e. The van der Waals surface area contributed by atoms with Gasteiger partial charge in [-0.2, -0.15) is 9.62 Å². The van der Waals surface area contributed by atoms with E-state index >= 15 is 0 Å². The lowest BCUT2D eigenvalue weighted by Crippen LogP contribution is -2.00. The average molecular weight is 298 g/mol. The van der Waals surface area contributed by atoms with Crippen molar-refractivity contribution in [2.24, 2.45) is 5.10 Å². The van der Waals surface area contributed by atoms with Gasteiger partial charge in [0.1, 0.15) is 0 Å². The molecule has 0 saturated carbocycles. The minimum atomic E-state index is 0.0859. The molecule has 0 aliphatic heterocycles. The van der Waals surface area contributed by atoms with Crippen LogP contribution in [-0.4, -0.2) is 38.2 Å². The number of benzene rings is 1. The van der Waals surface area contributed by atoms with E-state index in [0.717, 1.165) is 5.56 Å². The average Bonchev–Trinajstić information content (AvgIpc) is 2.90. The fourth-order valence-electron chi connectivity index (χ4n) is 1.90. The van der Waals surface area contributed by atoms with Gasteiger partial charge in [0.25, 0.3) is 0 Å². The van der Waals surface area contributed by atoms with E-state index in [9.17, 15) is 5.11 Å². The van der Waals surface area contributed by atoms with Gasteiger partial charge in [-0.05, 0) is 42.8 Å². The first-order valence-corrected chi connectivity index (χ1v) is 6.52. The number of nitrogens with one attached hydrogen (secondary N) is 1. The predicted molar refractivity (Wildman–Crippen MR) is 81.4 cm³/mol. The zero-order valence-electron chi connectivity index (χ0n) is 12.1. The Kier molecular flexibility index (Phi) is 3.57. The normalized spacial score (nSPS) is 11.2. The molecule has 0 unspecified atom stereocenters. The van der Waals surface area contributed by atoms with E-state index in [4.69, 9.17) is 4.74 Å². The fourth-order valence-corrected chi connectivity index (χ4v) is 1.90. The third kappa shape index (κ3) is 2.66. The van der Waals surface area contributed by atoms with Crippen molar-refractivity contribution in [3.05, 3.63) is 41.7 Å². The second-order valence-corrected chi connectivity index (χ2v) is 4.54. The van der Waals surface area contributed by atoms with Crippen molar-refractivity contribution in [3.8, 4) is 11.5 Å². The lowest BCUT2D eigenvalue weighted by molar-refractivity contribution is 0.373. The molecule has 2 heterocycles. The molecule has 0 atom stereocenters. The summed E-state index contributed by atoms with van der Waals surface area (Å²) in [6, 6.07) is 8.52. The first kappa shape index (κ1) is 13.8. The summed E-state index contributed by atoms with van der Waals surface area (Å²) in [6.45, 7) is 1.82. The van der Waals surface area contributed by atoms with Crippen LogP contribution >= 0.6 is 0 Å². The van der Waals surface area contributed by atoms with Crippen molar-refractivity contribution in [3.63, 3.8) is 0 Å². The number of aryl methyl sites for hydroxylation is 1. The second-order valence-electron chi connectivity index (χ2n) is 4.54. The maximum atomic E-state index is 9.53. The molecule has 8 nitrogen and oxygen atoms in total. The molecule has 0 fully saturated rings. The van der Waals surface area contributed by atoms with Crippen molar-refractivity contribution in [2.75, 3.05) is 12.5 Å².